The fourth-order valence-electron chi connectivity index (χ4n) is 1.61. The van der Waals surface area contributed by atoms with Crippen LogP contribution in [0.4, 0.5) is 0 Å². The van der Waals surface area contributed by atoms with Gasteiger partial charge in [0.2, 0.25) is 5.91 Å². The second-order valence-electron chi connectivity index (χ2n) is 4.18. The van der Waals surface area contributed by atoms with Crippen molar-refractivity contribution in [2.24, 2.45) is 0 Å². The average molecular weight is 281 g/mol. The molecule has 6 nitrogen and oxygen atoms in total. The Morgan fingerprint density at radius 3 is 2.60 bits per heavy atom. The van der Waals surface area contributed by atoms with Crippen molar-refractivity contribution >= 4 is 11.9 Å². The zero-order chi connectivity index (χ0) is 15.0. The molecule has 0 atom stereocenters. The summed E-state index contributed by atoms with van der Waals surface area (Å²) >= 11 is 0. The number of benzene rings is 1. The lowest BCUT2D eigenvalue weighted by molar-refractivity contribution is -0.145. The van der Waals surface area contributed by atoms with E-state index in [1.54, 1.807) is 7.05 Å². The normalized spacial score (nSPS) is 10.1. The molecule has 1 rings (SSSR count). The third kappa shape index (κ3) is 5.27. The zero-order valence-electron chi connectivity index (χ0n) is 11.7. The van der Waals surface area contributed by atoms with Crippen LogP contribution in [0.25, 0.3) is 0 Å². The van der Waals surface area contributed by atoms with Gasteiger partial charge in [-0.05, 0) is 13.0 Å². The number of ether oxygens (including phenoxy) is 2. The molecule has 0 fully saturated rings. The summed E-state index contributed by atoms with van der Waals surface area (Å²) < 4.78 is 10.3. The molecule has 0 radical (unpaired) electrons. The molecule has 1 aromatic rings. The minimum absolute atomic E-state index is 0.250. The predicted octanol–water partition coefficient (Wildman–Crippen LogP) is 1.14. The topological polar surface area (TPSA) is 76.1 Å². The quantitative estimate of drug-likeness (QED) is 0.773. The van der Waals surface area contributed by atoms with E-state index in [-0.39, 0.29) is 12.5 Å². The van der Waals surface area contributed by atoms with Crippen LogP contribution in [0.1, 0.15) is 12.5 Å². The Hall–Kier alpha value is -2.08. The zero-order valence-corrected chi connectivity index (χ0v) is 11.7. The van der Waals surface area contributed by atoms with Crippen LogP contribution in [0.5, 0.6) is 5.75 Å². The second kappa shape index (κ2) is 8.16. The minimum Gasteiger partial charge on any atom is -0.494 e. The van der Waals surface area contributed by atoms with Gasteiger partial charge in [-0.2, -0.15) is 0 Å². The first-order valence-corrected chi connectivity index (χ1v) is 6.28. The van der Waals surface area contributed by atoms with Gasteiger partial charge in [0, 0.05) is 19.2 Å². The van der Waals surface area contributed by atoms with Gasteiger partial charge in [0.1, 0.15) is 19.0 Å². The lowest BCUT2D eigenvalue weighted by atomic mass is 10.2. The maximum atomic E-state index is 11.8. The molecule has 0 unspecified atom stereocenters. The van der Waals surface area contributed by atoms with E-state index in [0.717, 1.165) is 11.3 Å². The van der Waals surface area contributed by atoms with E-state index >= 15 is 0 Å². The maximum absolute atomic E-state index is 11.8. The summed E-state index contributed by atoms with van der Waals surface area (Å²) in [5, 5.41) is 8.43. The molecule has 0 saturated heterocycles. The number of nitrogens with zero attached hydrogens (tertiary/aromatic N) is 1. The van der Waals surface area contributed by atoms with Crippen LogP contribution in [0.3, 0.4) is 0 Å². The van der Waals surface area contributed by atoms with Crippen LogP contribution < -0.4 is 4.74 Å². The van der Waals surface area contributed by atoms with Gasteiger partial charge in [0.25, 0.3) is 0 Å². The first-order chi connectivity index (χ1) is 9.54. The van der Waals surface area contributed by atoms with Crippen LogP contribution in [-0.2, 0) is 20.9 Å². The first-order valence-electron chi connectivity index (χ1n) is 6.28. The predicted molar refractivity (Wildman–Crippen MR) is 72.5 cm³/mol. The molecule has 110 valence electrons. The van der Waals surface area contributed by atoms with Crippen LogP contribution in [0.15, 0.2) is 24.3 Å². The summed E-state index contributed by atoms with van der Waals surface area (Å²) in [5.41, 5.74) is 0.892. The van der Waals surface area contributed by atoms with Gasteiger partial charge in [-0.25, -0.2) is 4.79 Å². The molecule has 0 saturated carbocycles. The van der Waals surface area contributed by atoms with Crippen molar-refractivity contribution in [3.8, 4) is 5.75 Å². The molecule has 1 amide bonds. The highest BCUT2D eigenvalue weighted by molar-refractivity contribution is 5.77. The van der Waals surface area contributed by atoms with E-state index in [0.29, 0.717) is 13.2 Å². The third-order valence-electron chi connectivity index (χ3n) is 2.56. The Morgan fingerprint density at radius 1 is 1.25 bits per heavy atom. The Kier molecular flexibility index (Phi) is 6.52. The molecule has 0 aliphatic carbocycles. The summed E-state index contributed by atoms with van der Waals surface area (Å²) in [6, 6.07) is 7.47. The molecule has 0 aliphatic heterocycles. The Morgan fingerprint density at radius 2 is 1.95 bits per heavy atom. The number of carboxylic acids is 1. The van der Waals surface area contributed by atoms with Crippen LogP contribution in [0.2, 0.25) is 0 Å². The van der Waals surface area contributed by atoms with Gasteiger partial charge in [-0.1, -0.05) is 18.2 Å². The lowest BCUT2D eigenvalue weighted by Crippen LogP contribution is -2.30. The Bertz CT molecular complexity index is 461. The number of rotatable bonds is 8. The molecule has 0 aromatic heterocycles. The smallest absolute Gasteiger partial charge is 0.329 e. The van der Waals surface area contributed by atoms with E-state index in [1.807, 2.05) is 31.2 Å². The van der Waals surface area contributed by atoms with Gasteiger partial charge in [0.15, 0.2) is 0 Å². The summed E-state index contributed by atoms with van der Waals surface area (Å²) in [6.45, 7) is 2.10. The van der Waals surface area contributed by atoms with Crippen molar-refractivity contribution in [2.75, 3.05) is 26.9 Å². The molecule has 0 aliphatic rings. The third-order valence-corrected chi connectivity index (χ3v) is 2.56. The average Bonchev–Trinajstić information content (AvgIpc) is 2.40. The van der Waals surface area contributed by atoms with Gasteiger partial charge in [-0.15, -0.1) is 0 Å². The first kappa shape index (κ1) is 16.0. The summed E-state index contributed by atoms with van der Waals surface area (Å²) in [5.74, 6) is -0.638. The molecule has 0 heterocycles. The molecule has 1 aromatic carbocycles. The van der Waals surface area contributed by atoms with Crippen molar-refractivity contribution in [1.82, 2.24) is 4.90 Å². The summed E-state index contributed by atoms with van der Waals surface area (Å²) in [6.07, 6.45) is 0. The number of para-hydroxylation sites is 1. The molecular formula is C14H19NO5. The van der Waals surface area contributed by atoms with Gasteiger partial charge >= 0.3 is 5.97 Å². The van der Waals surface area contributed by atoms with Crippen molar-refractivity contribution in [3.63, 3.8) is 0 Å². The highest BCUT2D eigenvalue weighted by atomic mass is 16.5. The fraction of sp³-hybridized carbons (Fsp3) is 0.429. The van der Waals surface area contributed by atoms with E-state index in [4.69, 9.17) is 14.6 Å². The highest BCUT2D eigenvalue weighted by Gasteiger charge is 2.12. The largest absolute Gasteiger partial charge is 0.494 e. The number of hydrogen-bond acceptors (Lipinski definition) is 4. The van der Waals surface area contributed by atoms with Gasteiger partial charge in [-0.3, -0.25) is 4.79 Å². The van der Waals surface area contributed by atoms with Crippen LogP contribution >= 0.6 is 0 Å². The fourth-order valence-corrected chi connectivity index (χ4v) is 1.61. The van der Waals surface area contributed by atoms with Crippen LogP contribution in [0, 0.1) is 0 Å². The Balaban J connectivity index is 2.54. The monoisotopic (exact) mass is 281 g/mol. The van der Waals surface area contributed by atoms with Gasteiger partial charge < -0.3 is 19.5 Å². The van der Waals surface area contributed by atoms with E-state index in [9.17, 15) is 9.59 Å². The number of carbonyl (C=O) groups is 2. The molecule has 0 spiro atoms. The SMILES string of the molecule is CCOc1ccccc1CN(C)C(=O)COCC(=O)O. The van der Waals surface area contributed by atoms with Crippen molar-refractivity contribution < 1.29 is 24.2 Å². The molecule has 20 heavy (non-hydrogen) atoms. The van der Waals surface area contributed by atoms with E-state index < -0.39 is 12.6 Å². The number of hydrogen-bond donors (Lipinski definition) is 1. The highest BCUT2D eigenvalue weighted by Crippen LogP contribution is 2.19. The second-order valence-corrected chi connectivity index (χ2v) is 4.18. The molecule has 0 bridgehead atoms. The van der Waals surface area contributed by atoms with E-state index in [2.05, 4.69) is 0 Å². The number of aliphatic carboxylic acids is 1. The maximum Gasteiger partial charge on any atom is 0.329 e. The minimum atomic E-state index is -1.10. The van der Waals surface area contributed by atoms with Crippen molar-refractivity contribution in [2.45, 2.75) is 13.5 Å². The standard InChI is InChI=1S/C14H19NO5/c1-3-20-12-7-5-4-6-11(12)8-15(2)13(16)9-19-10-14(17)18/h4-7H,3,8-10H2,1-2H3,(H,17,18). The summed E-state index contributed by atoms with van der Waals surface area (Å²) in [7, 11) is 1.63. The Labute approximate surface area is 117 Å². The number of carbonyl (C=O) groups excluding carboxylic acids is 1. The number of likely N-dealkylation sites (N-methyl/N-ethyl adjacent to an activating group) is 1. The van der Waals surface area contributed by atoms with Gasteiger partial charge in [0.05, 0.1) is 6.61 Å². The molecule has 6 heteroatoms. The number of carboxylic acid groups (broad SMARTS) is 1. The molecular weight excluding hydrogens is 262 g/mol. The lowest BCUT2D eigenvalue weighted by Gasteiger charge is -2.19. The molecule has 1 N–H and O–H groups in total. The van der Waals surface area contributed by atoms with Crippen molar-refractivity contribution in [1.29, 1.82) is 0 Å². The van der Waals surface area contributed by atoms with E-state index in [1.165, 1.54) is 4.90 Å². The van der Waals surface area contributed by atoms with Crippen molar-refractivity contribution in [3.05, 3.63) is 29.8 Å². The number of amides is 1. The summed E-state index contributed by atoms with van der Waals surface area (Å²) in [4.78, 5) is 23.5. The van der Waals surface area contributed by atoms with Crippen LogP contribution in [-0.4, -0.2) is 48.8 Å².